The predicted molar refractivity (Wildman–Crippen MR) is 87.4 cm³/mol. The number of carbonyl (C=O) groups is 1. The molecule has 8 heteroatoms. The van der Waals surface area contributed by atoms with Crippen LogP contribution in [0.3, 0.4) is 0 Å². The minimum Gasteiger partial charge on any atom is -0.508 e. The van der Waals surface area contributed by atoms with E-state index in [1.54, 1.807) is 13.0 Å². The summed E-state index contributed by atoms with van der Waals surface area (Å²) in [6, 6.07) is 10.1. The Morgan fingerprint density at radius 2 is 2.00 bits per heavy atom. The number of phenols is 1. The number of nitrogens with zero attached hydrogens (tertiary/aromatic N) is 1. The molecule has 0 atom stereocenters. The maximum Gasteiger partial charge on any atom is 0.387 e. The van der Waals surface area contributed by atoms with Gasteiger partial charge in [0.25, 0.3) is 5.91 Å². The molecule has 2 aromatic rings. The van der Waals surface area contributed by atoms with Crippen LogP contribution < -0.4 is 14.9 Å². The van der Waals surface area contributed by atoms with E-state index in [1.165, 1.54) is 42.6 Å². The molecule has 0 radical (unpaired) electrons. The van der Waals surface area contributed by atoms with E-state index in [0.29, 0.717) is 0 Å². The van der Waals surface area contributed by atoms with Gasteiger partial charge in [0.2, 0.25) is 0 Å². The second-order valence-corrected chi connectivity index (χ2v) is 4.73. The van der Waals surface area contributed by atoms with Crippen molar-refractivity contribution in [3.05, 3.63) is 53.6 Å². The standard InChI is InChI=1S/C17H16F2N2O4/c1-2-24-14-5-3-4-12(15(14)25-17(18)19)10-20-21-16(23)11-6-8-13(22)9-7-11/h3-10,17,22H,2H2,1H3,(H,21,23)/b20-10-. The highest BCUT2D eigenvalue weighted by atomic mass is 19.3. The van der Waals surface area contributed by atoms with Crippen molar-refractivity contribution < 1.29 is 28.2 Å². The van der Waals surface area contributed by atoms with Crippen LogP contribution in [0, 0.1) is 0 Å². The first-order valence-electron chi connectivity index (χ1n) is 7.34. The molecule has 0 saturated heterocycles. The van der Waals surface area contributed by atoms with E-state index in [1.807, 2.05) is 0 Å². The Bertz CT molecular complexity index is 749. The van der Waals surface area contributed by atoms with Crippen molar-refractivity contribution in [3.8, 4) is 17.2 Å². The van der Waals surface area contributed by atoms with Crippen molar-refractivity contribution in [1.82, 2.24) is 5.43 Å². The number of ether oxygens (including phenoxy) is 2. The molecular weight excluding hydrogens is 334 g/mol. The molecule has 0 fully saturated rings. The van der Waals surface area contributed by atoms with E-state index in [2.05, 4.69) is 15.3 Å². The first-order valence-corrected chi connectivity index (χ1v) is 7.34. The van der Waals surface area contributed by atoms with Crippen molar-refractivity contribution in [1.29, 1.82) is 0 Å². The van der Waals surface area contributed by atoms with Crippen LogP contribution in [0.4, 0.5) is 8.78 Å². The Morgan fingerprint density at radius 1 is 1.28 bits per heavy atom. The van der Waals surface area contributed by atoms with Crippen LogP contribution in [-0.4, -0.2) is 30.4 Å². The van der Waals surface area contributed by atoms with E-state index in [-0.39, 0.29) is 35.0 Å². The third-order valence-corrected chi connectivity index (χ3v) is 3.02. The van der Waals surface area contributed by atoms with Gasteiger partial charge in [-0.2, -0.15) is 13.9 Å². The van der Waals surface area contributed by atoms with E-state index >= 15 is 0 Å². The molecule has 1 amide bonds. The molecule has 2 N–H and O–H groups in total. The van der Waals surface area contributed by atoms with Gasteiger partial charge >= 0.3 is 6.61 Å². The summed E-state index contributed by atoms with van der Waals surface area (Å²) in [5.74, 6) is -0.506. The zero-order chi connectivity index (χ0) is 18.2. The summed E-state index contributed by atoms with van der Waals surface area (Å²) in [7, 11) is 0. The average molecular weight is 350 g/mol. The molecule has 132 valence electrons. The smallest absolute Gasteiger partial charge is 0.387 e. The number of aromatic hydroxyl groups is 1. The third kappa shape index (κ3) is 5.17. The number of hydrazone groups is 1. The maximum absolute atomic E-state index is 12.6. The molecule has 0 saturated carbocycles. The molecule has 0 spiro atoms. The summed E-state index contributed by atoms with van der Waals surface area (Å²) in [5.41, 5.74) is 2.76. The average Bonchev–Trinajstić information content (AvgIpc) is 2.58. The molecule has 0 heterocycles. The molecule has 0 aliphatic rings. The first-order chi connectivity index (χ1) is 12.0. The highest BCUT2D eigenvalue weighted by molar-refractivity contribution is 5.95. The molecule has 25 heavy (non-hydrogen) atoms. The Kier molecular flexibility index (Phi) is 6.27. The van der Waals surface area contributed by atoms with E-state index in [0.717, 1.165) is 0 Å². The Hall–Kier alpha value is -3.16. The van der Waals surface area contributed by atoms with Crippen LogP contribution in [0.5, 0.6) is 17.2 Å². The van der Waals surface area contributed by atoms with Crippen LogP contribution in [0.15, 0.2) is 47.6 Å². The van der Waals surface area contributed by atoms with Crippen LogP contribution in [0.2, 0.25) is 0 Å². The lowest BCUT2D eigenvalue weighted by molar-refractivity contribution is -0.0515. The van der Waals surface area contributed by atoms with Gasteiger partial charge < -0.3 is 14.6 Å². The zero-order valence-electron chi connectivity index (χ0n) is 13.3. The number of phenolic OH excluding ortho intramolecular Hbond substituents is 1. The van der Waals surface area contributed by atoms with Crippen molar-refractivity contribution in [2.24, 2.45) is 5.10 Å². The lowest BCUT2D eigenvalue weighted by Crippen LogP contribution is -2.17. The summed E-state index contributed by atoms with van der Waals surface area (Å²) in [6.45, 7) is -1.04. The quantitative estimate of drug-likeness (QED) is 0.594. The second kappa shape index (κ2) is 8.62. The number of alkyl halides is 2. The number of hydrogen-bond donors (Lipinski definition) is 2. The monoisotopic (exact) mass is 350 g/mol. The third-order valence-electron chi connectivity index (χ3n) is 3.02. The van der Waals surface area contributed by atoms with Gasteiger partial charge in [-0.3, -0.25) is 4.79 Å². The van der Waals surface area contributed by atoms with E-state index < -0.39 is 12.5 Å². The van der Waals surface area contributed by atoms with Gasteiger partial charge in [-0.05, 0) is 43.3 Å². The summed E-state index contributed by atoms with van der Waals surface area (Å²) in [5, 5.41) is 12.9. The normalized spacial score (nSPS) is 10.9. The van der Waals surface area contributed by atoms with Gasteiger partial charge in [0.05, 0.1) is 12.8 Å². The number of carbonyl (C=O) groups excluding carboxylic acids is 1. The highest BCUT2D eigenvalue weighted by Gasteiger charge is 2.14. The molecule has 0 aromatic heterocycles. The fourth-order valence-electron chi connectivity index (χ4n) is 1.96. The van der Waals surface area contributed by atoms with Crippen LogP contribution in [0.1, 0.15) is 22.8 Å². The molecular formula is C17H16F2N2O4. The Morgan fingerprint density at radius 3 is 2.64 bits per heavy atom. The largest absolute Gasteiger partial charge is 0.508 e. The molecule has 2 aromatic carbocycles. The molecule has 0 unspecified atom stereocenters. The number of benzene rings is 2. The summed E-state index contributed by atoms with van der Waals surface area (Å²) < 4.78 is 35.0. The molecule has 6 nitrogen and oxygen atoms in total. The summed E-state index contributed by atoms with van der Waals surface area (Å²) >= 11 is 0. The Balaban J connectivity index is 2.15. The van der Waals surface area contributed by atoms with Gasteiger partial charge in [-0.1, -0.05) is 6.07 Å². The molecule has 0 aliphatic carbocycles. The lowest BCUT2D eigenvalue weighted by atomic mass is 10.2. The van der Waals surface area contributed by atoms with Crippen molar-refractivity contribution in [2.45, 2.75) is 13.5 Å². The summed E-state index contributed by atoms with van der Waals surface area (Å²) in [4.78, 5) is 11.9. The van der Waals surface area contributed by atoms with Crippen LogP contribution in [0.25, 0.3) is 0 Å². The molecule has 0 aliphatic heterocycles. The second-order valence-electron chi connectivity index (χ2n) is 4.73. The zero-order valence-corrected chi connectivity index (χ0v) is 13.3. The highest BCUT2D eigenvalue weighted by Crippen LogP contribution is 2.31. The number of amides is 1. The summed E-state index contributed by atoms with van der Waals surface area (Å²) in [6.07, 6.45) is 1.18. The van der Waals surface area contributed by atoms with Crippen molar-refractivity contribution >= 4 is 12.1 Å². The maximum atomic E-state index is 12.6. The first kappa shape index (κ1) is 18.2. The van der Waals surface area contributed by atoms with Crippen LogP contribution >= 0.6 is 0 Å². The predicted octanol–water partition coefficient (Wildman–Crippen LogP) is 3.16. The number of nitrogens with one attached hydrogen (secondary N) is 1. The minimum absolute atomic E-state index is 0.0292. The van der Waals surface area contributed by atoms with Crippen molar-refractivity contribution in [2.75, 3.05) is 6.61 Å². The molecule has 0 bridgehead atoms. The fourth-order valence-corrected chi connectivity index (χ4v) is 1.96. The number of halogens is 2. The van der Waals surface area contributed by atoms with Gasteiger partial charge in [0.1, 0.15) is 5.75 Å². The Labute approximate surface area is 142 Å². The van der Waals surface area contributed by atoms with Gasteiger partial charge in [0, 0.05) is 11.1 Å². The number of rotatable bonds is 7. The number of para-hydroxylation sites is 1. The SMILES string of the molecule is CCOc1cccc(/C=N\NC(=O)c2ccc(O)cc2)c1OC(F)F. The number of hydrogen-bond acceptors (Lipinski definition) is 5. The topological polar surface area (TPSA) is 80.2 Å². The van der Waals surface area contributed by atoms with Crippen molar-refractivity contribution in [3.63, 3.8) is 0 Å². The lowest BCUT2D eigenvalue weighted by Gasteiger charge is -2.13. The van der Waals surface area contributed by atoms with Crippen LogP contribution in [-0.2, 0) is 0 Å². The van der Waals surface area contributed by atoms with Gasteiger partial charge in [-0.25, -0.2) is 5.43 Å². The molecule has 2 rings (SSSR count). The van der Waals surface area contributed by atoms with Gasteiger partial charge in [0.15, 0.2) is 11.5 Å². The minimum atomic E-state index is -3.03. The fraction of sp³-hybridized carbons (Fsp3) is 0.176. The van der Waals surface area contributed by atoms with E-state index in [4.69, 9.17) is 4.74 Å². The van der Waals surface area contributed by atoms with Gasteiger partial charge in [-0.15, -0.1) is 0 Å². The van der Waals surface area contributed by atoms with E-state index in [9.17, 15) is 18.7 Å².